The predicted molar refractivity (Wildman–Crippen MR) is 115 cm³/mol. The number of carbonyl (C=O) groups is 1. The normalized spacial score (nSPS) is 15.9. The zero-order valence-electron chi connectivity index (χ0n) is 15.6. The first kappa shape index (κ1) is 17.0. The number of pyridine rings is 1. The second-order valence-electron chi connectivity index (χ2n) is 7.10. The summed E-state index contributed by atoms with van der Waals surface area (Å²) in [5, 5.41) is 1.75. The van der Waals surface area contributed by atoms with E-state index in [1.54, 1.807) is 7.11 Å². The molecule has 5 rings (SSSR count). The highest BCUT2D eigenvalue weighted by Crippen LogP contribution is 2.39. The van der Waals surface area contributed by atoms with Crippen LogP contribution >= 0.6 is 11.3 Å². The van der Waals surface area contributed by atoms with Gasteiger partial charge < -0.3 is 15.4 Å². The van der Waals surface area contributed by atoms with Gasteiger partial charge in [-0.05, 0) is 49.2 Å². The highest BCUT2D eigenvalue weighted by atomic mass is 32.1. The maximum atomic E-state index is 13.4. The number of hydrogen-bond acceptors (Lipinski definition) is 5. The van der Waals surface area contributed by atoms with Crippen molar-refractivity contribution in [2.75, 3.05) is 17.7 Å². The fourth-order valence-electron chi connectivity index (χ4n) is 3.95. The van der Waals surface area contributed by atoms with E-state index in [-0.39, 0.29) is 11.9 Å². The average molecular weight is 389 g/mol. The number of rotatable bonds is 2. The number of para-hydroxylation sites is 1. The lowest BCUT2D eigenvalue weighted by Crippen LogP contribution is -2.35. The number of aromatic nitrogens is 1. The largest absolute Gasteiger partial charge is 0.497 e. The van der Waals surface area contributed by atoms with Crippen molar-refractivity contribution in [1.29, 1.82) is 0 Å². The molecular formula is C22H19N3O2S. The van der Waals surface area contributed by atoms with E-state index in [1.165, 1.54) is 16.9 Å². The Labute approximate surface area is 166 Å². The summed E-state index contributed by atoms with van der Waals surface area (Å²) in [5.74, 6) is 0.709. The highest BCUT2D eigenvalue weighted by Gasteiger charge is 2.33. The van der Waals surface area contributed by atoms with E-state index in [9.17, 15) is 4.79 Å². The van der Waals surface area contributed by atoms with E-state index in [0.717, 1.165) is 39.0 Å². The van der Waals surface area contributed by atoms with Crippen molar-refractivity contribution in [3.63, 3.8) is 0 Å². The Hall–Kier alpha value is -3.12. The van der Waals surface area contributed by atoms with Crippen molar-refractivity contribution in [2.45, 2.75) is 19.4 Å². The van der Waals surface area contributed by atoms with Gasteiger partial charge in [0.15, 0.2) is 0 Å². The molecule has 1 aliphatic rings. The van der Waals surface area contributed by atoms with Crippen LogP contribution in [0, 0.1) is 0 Å². The summed E-state index contributed by atoms with van der Waals surface area (Å²) in [4.78, 5) is 21.3. The summed E-state index contributed by atoms with van der Waals surface area (Å²) in [7, 11) is 1.64. The summed E-state index contributed by atoms with van der Waals surface area (Å²) in [6.07, 6.45) is 0.856. The van der Waals surface area contributed by atoms with Crippen LogP contribution in [0.2, 0.25) is 0 Å². The molecule has 1 amide bonds. The van der Waals surface area contributed by atoms with Gasteiger partial charge in [-0.15, -0.1) is 11.3 Å². The Morgan fingerprint density at radius 1 is 1.25 bits per heavy atom. The van der Waals surface area contributed by atoms with Crippen LogP contribution in [0.5, 0.6) is 5.75 Å². The van der Waals surface area contributed by atoms with Crippen molar-refractivity contribution in [2.24, 2.45) is 0 Å². The molecule has 0 saturated carbocycles. The minimum Gasteiger partial charge on any atom is -0.497 e. The molecule has 2 aromatic carbocycles. The zero-order valence-corrected chi connectivity index (χ0v) is 16.4. The number of carbonyl (C=O) groups excluding carboxylic acids is 1. The number of ether oxygens (including phenoxy) is 1. The van der Waals surface area contributed by atoms with E-state index in [2.05, 4.69) is 13.0 Å². The standard InChI is InChI=1S/C22H19N3O2S/c1-12-9-13-5-3-4-6-18(13)25(12)22(26)20-19(23)16-11-14-10-15(27-2)7-8-17(14)24-21(16)28-20/h3-8,10-12H,9,23H2,1-2H3. The van der Waals surface area contributed by atoms with Crippen LogP contribution < -0.4 is 15.4 Å². The number of anilines is 2. The third-order valence-corrected chi connectivity index (χ3v) is 6.44. The van der Waals surface area contributed by atoms with Gasteiger partial charge in [0.2, 0.25) is 0 Å². The molecule has 140 valence electrons. The second-order valence-corrected chi connectivity index (χ2v) is 8.10. The number of fused-ring (bicyclic) bond motifs is 3. The summed E-state index contributed by atoms with van der Waals surface area (Å²) in [6.45, 7) is 2.07. The van der Waals surface area contributed by atoms with Gasteiger partial charge in [0.1, 0.15) is 15.5 Å². The molecule has 0 spiro atoms. The first-order valence-electron chi connectivity index (χ1n) is 9.15. The summed E-state index contributed by atoms with van der Waals surface area (Å²) >= 11 is 1.36. The molecule has 0 radical (unpaired) electrons. The molecular weight excluding hydrogens is 370 g/mol. The molecule has 5 nitrogen and oxygen atoms in total. The molecule has 2 N–H and O–H groups in total. The smallest absolute Gasteiger partial charge is 0.270 e. The zero-order chi connectivity index (χ0) is 19.4. The van der Waals surface area contributed by atoms with Crippen molar-refractivity contribution >= 4 is 49.7 Å². The monoisotopic (exact) mass is 389 g/mol. The predicted octanol–water partition coefficient (Wildman–Crippen LogP) is 4.63. The Morgan fingerprint density at radius 3 is 2.89 bits per heavy atom. The molecule has 3 heterocycles. The quantitative estimate of drug-likeness (QED) is 0.543. The molecule has 1 unspecified atom stereocenters. The van der Waals surface area contributed by atoms with Crippen LogP contribution in [0.3, 0.4) is 0 Å². The number of benzene rings is 2. The Balaban J connectivity index is 1.64. The molecule has 0 fully saturated rings. The van der Waals surface area contributed by atoms with Crippen LogP contribution in [0.4, 0.5) is 11.4 Å². The Bertz CT molecular complexity index is 1250. The van der Waals surface area contributed by atoms with Crippen molar-refractivity contribution in [1.82, 2.24) is 4.98 Å². The number of nitrogens with zero attached hydrogens (tertiary/aromatic N) is 2. The molecule has 4 aromatic rings. The fraction of sp³-hybridized carbons (Fsp3) is 0.182. The van der Waals surface area contributed by atoms with Crippen LogP contribution in [-0.2, 0) is 6.42 Å². The van der Waals surface area contributed by atoms with Crippen LogP contribution in [-0.4, -0.2) is 24.0 Å². The summed E-state index contributed by atoms with van der Waals surface area (Å²) in [6, 6.07) is 15.9. The number of nitrogens with two attached hydrogens (primary N) is 1. The molecule has 1 aliphatic heterocycles. The number of amides is 1. The topological polar surface area (TPSA) is 68.5 Å². The summed E-state index contributed by atoms with van der Waals surface area (Å²) in [5.41, 5.74) is 9.95. The molecule has 0 aliphatic carbocycles. The lowest BCUT2D eigenvalue weighted by Gasteiger charge is -2.22. The van der Waals surface area contributed by atoms with Crippen LogP contribution in [0.15, 0.2) is 48.5 Å². The third kappa shape index (κ3) is 2.45. The fourth-order valence-corrected chi connectivity index (χ4v) is 4.97. The van der Waals surface area contributed by atoms with Crippen molar-refractivity contribution in [3.05, 3.63) is 59.0 Å². The van der Waals surface area contributed by atoms with E-state index >= 15 is 0 Å². The van der Waals surface area contributed by atoms with E-state index in [4.69, 9.17) is 15.5 Å². The van der Waals surface area contributed by atoms with Crippen LogP contribution in [0.1, 0.15) is 22.2 Å². The SMILES string of the molecule is COc1ccc2nc3sc(C(=O)N4c5ccccc5CC4C)c(N)c3cc2c1. The molecule has 28 heavy (non-hydrogen) atoms. The van der Waals surface area contributed by atoms with E-state index < -0.39 is 0 Å². The highest BCUT2D eigenvalue weighted by molar-refractivity contribution is 7.21. The third-order valence-electron chi connectivity index (χ3n) is 5.34. The minimum absolute atomic E-state index is 0.0559. The molecule has 1 atom stereocenters. The van der Waals surface area contributed by atoms with Crippen LogP contribution in [0.25, 0.3) is 21.1 Å². The van der Waals surface area contributed by atoms with Gasteiger partial charge in [-0.2, -0.15) is 0 Å². The molecule has 0 saturated heterocycles. The molecule has 2 aromatic heterocycles. The van der Waals surface area contributed by atoms with Gasteiger partial charge in [0, 0.05) is 22.5 Å². The van der Waals surface area contributed by atoms with E-state index in [1.807, 2.05) is 47.4 Å². The first-order chi connectivity index (χ1) is 13.6. The maximum absolute atomic E-state index is 13.4. The number of thiophene rings is 1. The summed E-state index contributed by atoms with van der Waals surface area (Å²) < 4.78 is 5.30. The Morgan fingerprint density at radius 2 is 2.07 bits per heavy atom. The van der Waals surface area contributed by atoms with Gasteiger partial charge >= 0.3 is 0 Å². The van der Waals surface area contributed by atoms with Gasteiger partial charge in [-0.3, -0.25) is 4.79 Å². The number of hydrogen-bond donors (Lipinski definition) is 1. The number of methoxy groups -OCH3 is 1. The lowest BCUT2D eigenvalue weighted by atomic mass is 10.1. The number of nitrogen functional groups attached to an aromatic ring is 1. The van der Waals surface area contributed by atoms with Gasteiger partial charge in [-0.25, -0.2) is 4.98 Å². The average Bonchev–Trinajstić information content (AvgIpc) is 3.21. The van der Waals surface area contributed by atoms with Gasteiger partial charge in [-0.1, -0.05) is 18.2 Å². The van der Waals surface area contributed by atoms with E-state index in [0.29, 0.717) is 10.6 Å². The van der Waals surface area contributed by atoms with Gasteiger partial charge in [0.05, 0.1) is 18.3 Å². The maximum Gasteiger partial charge on any atom is 0.270 e. The lowest BCUT2D eigenvalue weighted by molar-refractivity contribution is 0.0986. The minimum atomic E-state index is -0.0559. The second kappa shape index (κ2) is 6.21. The van der Waals surface area contributed by atoms with Gasteiger partial charge in [0.25, 0.3) is 5.91 Å². The Kier molecular flexibility index (Phi) is 3.77. The van der Waals surface area contributed by atoms with Crippen molar-refractivity contribution in [3.8, 4) is 5.75 Å². The molecule has 0 bridgehead atoms. The molecule has 6 heteroatoms. The van der Waals surface area contributed by atoms with Crippen molar-refractivity contribution < 1.29 is 9.53 Å². The first-order valence-corrected chi connectivity index (χ1v) is 9.96.